The number of carbonyl (C=O) groups is 2. The van der Waals surface area contributed by atoms with Gasteiger partial charge < -0.3 is 10.4 Å². The molecular weight excluding hydrogens is 568 g/mol. The van der Waals surface area contributed by atoms with Gasteiger partial charge in [0.1, 0.15) is 16.7 Å². The van der Waals surface area contributed by atoms with Crippen molar-refractivity contribution in [2.24, 2.45) is 5.10 Å². The third-order valence-electron chi connectivity index (χ3n) is 6.61. The number of nitriles is 1. The molecule has 3 N–H and O–H groups in total. The van der Waals surface area contributed by atoms with Gasteiger partial charge in [0.15, 0.2) is 0 Å². The number of amides is 2. The third-order valence-corrected chi connectivity index (χ3v) is 7.71. The number of thiazole rings is 1. The first kappa shape index (κ1) is 28.8. The van der Waals surface area contributed by atoms with Gasteiger partial charge >= 0.3 is 0 Å². The molecule has 0 radical (unpaired) electrons. The molecule has 5 aromatic rings. The first-order valence-corrected chi connectivity index (χ1v) is 14.0. The van der Waals surface area contributed by atoms with Crippen LogP contribution in [0.25, 0.3) is 21.0 Å². The second-order valence-electron chi connectivity index (χ2n) is 9.55. The van der Waals surface area contributed by atoms with Crippen molar-refractivity contribution in [1.29, 1.82) is 5.26 Å². The normalized spacial score (nSPS) is 12.0. The van der Waals surface area contributed by atoms with E-state index in [4.69, 9.17) is 0 Å². The van der Waals surface area contributed by atoms with E-state index in [1.54, 1.807) is 12.1 Å². The quantitative estimate of drug-likeness (QED) is 0.0975. The molecule has 0 fully saturated rings. The Kier molecular flexibility index (Phi) is 8.64. The number of aromatic hydroxyl groups is 1. The van der Waals surface area contributed by atoms with Crippen LogP contribution in [-0.4, -0.2) is 32.5 Å². The van der Waals surface area contributed by atoms with E-state index in [-0.39, 0.29) is 42.2 Å². The number of benzene rings is 4. The van der Waals surface area contributed by atoms with Gasteiger partial charge in [-0.3, -0.25) is 19.7 Å². The summed E-state index contributed by atoms with van der Waals surface area (Å²) in [5.41, 5.74) is 3.65. The maximum absolute atomic E-state index is 13.1. The predicted octanol–water partition coefficient (Wildman–Crippen LogP) is 6.27. The minimum Gasteiger partial charge on any atom is -0.507 e. The summed E-state index contributed by atoms with van der Waals surface area (Å²) in [6, 6.07) is 25.6. The topological polar surface area (TPSA) is 171 Å². The maximum Gasteiger partial charge on any atom is 0.275 e. The number of carbonyl (C=O) groups excluding carboxylic acids is 2. The number of anilines is 1. The standard InChI is InChI=1S/C31H24N6O5S/c32-18-24(31-34-26-11-3-4-13-28(26)43-31)25(12-6-14-29(39)33-21-9-5-10-22(17-21)37(41)42)35-36-30(40)23-15-19-7-1-2-8-20(19)16-27(23)38/h1-5,7-11,13,15-17,24,38H,6,12,14H2,(H,33,39)(H,36,40). The van der Waals surface area contributed by atoms with Gasteiger partial charge in [-0.15, -0.1) is 11.3 Å². The highest BCUT2D eigenvalue weighted by Gasteiger charge is 2.23. The second kappa shape index (κ2) is 12.9. The molecule has 0 saturated carbocycles. The van der Waals surface area contributed by atoms with E-state index in [1.165, 1.54) is 35.6 Å². The number of phenolic OH excluding ortho intramolecular Hbond substituents is 1. The molecule has 1 unspecified atom stereocenters. The number of hydrazone groups is 1. The number of para-hydroxylation sites is 1. The van der Waals surface area contributed by atoms with E-state index in [0.717, 1.165) is 21.0 Å². The summed E-state index contributed by atoms with van der Waals surface area (Å²) in [6.07, 6.45) is 0.458. The molecule has 0 aliphatic heterocycles. The predicted molar refractivity (Wildman–Crippen MR) is 164 cm³/mol. The van der Waals surface area contributed by atoms with Crippen LogP contribution in [0.1, 0.15) is 40.5 Å². The van der Waals surface area contributed by atoms with Gasteiger partial charge in [0.25, 0.3) is 11.6 Å². The summed E-state index contributed by atoms with van der Waals surface area (Å²) in [5.74, 6) is -2.15. The van der Waals surface area contributed by atoms with Gasteiger partial charge in [-0.1, -0.05) is 42.5 Å². The lowest BCUT2D eigenvalue weighted by atomic mass is 10.00. The zero-order chi connectivity index (χ0) is 30.3. The Morgan fingerprint density at radius 3 is 2.51 bits per heavy atom. The molecule has 43 heavy (non-hydrogen) atoms. The van der Waals surface area contributed by atoms with Gasteiger partial charge in [0, 0.05) is 24.2 Å². The van der Waals surface area contributed by atoms with E-state index in [9.17, 15) is 30.1 Å². The molecule has 0 saturated heterocycles. The summed E-state index contributed by atoms with van der Waals surface area (Å²) < 4.78 is 0.888. The van der Waals surface area contributed by atoms with Gasteiger partial charge in [0.05, 0.1) is 32.5 Å². The van der Waals surface area contributed by atoms with Crippen molar-refractivity contribution in [2.45, 2.75) is 25.2 Å². The Hall–Kier alpha value is -5.67. The molecule has 4 aromatic carbocycles. The monoisotopic (exact) mass is 592 g/mol. The Morgan fingerprint density at radius 2 is 1.77 bits per heavy atom. The molecule has 0 aliphatic rings. The van der Waals surface area contributed by atoms with Crippen LogP contribution in [0.5, 0.6) is 5.75 Å². The molecule has 214 valence electrons. The number of nitro benzene ring substituents is 1. The fraction of sp³-hybridized carbons (Fsp3) is 0.129. The number of rotatable bonds is 10. The lowest BCUT2D eigenvalue weighted by Crippen LogP contribution is -2.23. The van der Waals surface area contributed by atoms with Crippen LogP contribution in [0.4, 0.5) is 11.4 Å². The fourth-order valence-corrected chi connectivity index (χ4v) is 5.54. The molecule has 12 heteroatoms. The minimum absolute atomic E-state index is 0.0200. The number of phenols is 1. The van der Waals surface area contributed by atoms with Gasteiger partial charge in [-0.05, 0) is 53.9 Å². The highest BCUT2D eigenvalue weighted by molar-refractivity contribution is 7.18. The lowest BCUT2D eigenvalue weighted by molar-refractivity contribution is -0.384. The molecule has 2 amide bonds. The van der Waals surface area contributed by atoms with Crippen molar-refractivity contribution in [3.63, 3.8) is 0 Å². The van der Waals surface area contributed by atoms with E-state index in [1.807, 2.05) is 48.5 Å². The molecule has 1 aromatic heterocycles. The van der Waals surface area contributed by atoms with Crippen LogP contribution >= 0.6 is 11.3 Å². The molecule has 0 spiro atoms. The van der Waals surface area contributed by atoms with Crippen molar-refractivity contribution in [3.8, 4) is 11.8 Å². The zero-order valence-corrected chi connectivity index (χ0v) is 23.4. The Bertz CT molecular complexity index is 1900. The van der Waals surface area contributed by atoms with Crippen LogP contribution in [0.3, 0.4) is 0 Å². The number of nitrogens with one attached hydrogen (secondary N) is 2. The molecule has 0 aliphatic carbocycles. The summed E-state index contributed by atoms with van der Waals surface area (Å²) in [6.45, 7) is 0. The van der Waals surface area contributed by atoms with Crippen LogP contribution in [-0.2, 0) is 4.79 Å². The minimum atomic E-state index is -0.900. The Labute approximate surface area is 249 Å². The van der Waals surface area contributed by atoms with Crippen molar-refractivity contribution >= 4 is 61.2 Å². The van der Waals surface area contributed by atoms with Crippen molar-refractivity contribution in [2.75, 3.05) is 5.32 Å². The number of non-ortho nitro benzene ring substituents is 1. The SMILES string of the molecule is N#CC(C(CCCC(=O)Nc1cccc([N+](=O)[O-])c1)=NNC(=O)c1cc2ccccc2cc1O)c1nc2ccccc2s1. The number of hydrogen-bond donors (Lipinski definition) is 3. The number of hydrogen-bond acceptors (Lipinski definition) is 9. The highest BCUT2D eigenvalue weighted by atomic mass is 32.1. The van der Waals surface area contributed by atoms with Crippen LogP contribution in [0.15, 0.2) is 90.0 Å². The van der Waals surface area contributed by atoms with Crippen LogP contribution in [0, 0.1) is 21.4 Å². The maximum atomic E-state index is 13.1. The average molecular weight is 593 g/mol. The van der Waals surface area contributed by atoms with Crippen molar-refractivity contribution in [3.05, 3.63) is 106 Å². The van der Waals surface area contributed by atoms with E-state index in [0.29, 0.717) is 16.4 Å². The first-order chi connectivity index (χ1) is 20.8. The fourth-order valence-electron chi connectivity index (χ4n) is 4.49. The van der Waals surface area contributed by atoms with Crippen molar-refractivity contribution < 1.29 is 19.6 Å². The molecule has 11 nitrogen and oxygen atoms in total. The molecule has 1 atom stereocenters. The summed E-state index contributed by atoms with van der Waals surface area (Å²) in [5, 5.41) is 40.6. The van der Waals surface area contributed by atoms with E-state index >= 15 is 0 Å². The molecule has 0 bridgehead atoms. The highest BCUT2D eigenvalue weighted by Crippen LogP contribution is 2.30. The first-order valence-electron chi connectivity index (χ1n) is 13.2. The Morgan fingerprint density at radius 1 is 1.02 bits per heavy atom. The number of nitro groups is 1. The average Bonchev–Trinajstić information content (AvgIpc) is 3.43. The second-order valence-corrected chi connectivity index (χ2v) is 10.6. The summed E-state index contributed by atoms with van der Waals surface area (Å²) >= 11 is 1.34. The Balaban J connectivity index is 1.35. The third kappa shape index (κ3) is 6.80. The van der Waals surface area contributed by atoms with Gasteiger partial charge in [0.2, 0.25) is 5.91 Å². The summed E-state index contributed by atoms with van der Waals surface area (Å²) in [7, 11) is 0. The summed E-state index contributed by atoms with van der Waals surface area (Å²) in [4.78, 5) is 40.8. The molecule has 5 rings (SSSR count). The smallest absolute Gasteiger partial charge is 0.275 e. The van der Waals surface area contributed by atoms with Crippen LogP contribution < -0.4 is 10.7 Å². The molecule has 1 heterocycles. The lowest BCUT2D eigenvalue weighted by Gasteiger charge is -2.12. The van der Waals surface area contributed by atoms with Gasteiger partial charge in [-0.2, -0.15) is 10.4 Å². The van der Waals surface area contributed by atoms with Gasteiger partial charge in [-0.25, -0.2) is 10.4 Å². The van der Waals surface area contributed by atoms with E-state index in [2.05, 4.69) is 26.9 Å². The zero-order valence-electron chi connectivity index (χ0n) is 22.6. The van der Waals surface area contributed by atoms with Crippen molar-refractivity contribution in [1.82, 2.24) is 10.4 Å². The number of fused-ring (bicyclic) bond motifs is 2. The van der Waals surface area contributed by atoms with E-state index < -0.39 is 16.7 Å². The largest absolute Gasteiger partial charge is 0.507 e. The number of aromatic nitrogens is 1. The van der Waals surface area contributed by atoms with Crippen LogP contribution in [0.2, 0.25) is 0 Å². The molecular formula is C31H24N6O5S. The number of nitrogens with zero attached hydrogens (tertiary/aromatic N) is 4.